The first-order valence-electron chi connectivity index (χ1n) is 10.8. The van der Waals surface area contributed by atoms with Crippen LogP contribution in [0.25, 0.3) is 10.9 Å². The number of rotatable bonds is 6. The Morgan fingerprint density at radius 1 is 1.15 bits per heavy atom. The zero-order valence-corrected chi connectivity index (χ0v) is 19.5. The first-order chi connectivity index (χ1) is 15.8. The highest BCUT2D eigenvalue weighted by molar-refractivity contribution is 7.91. The molecule has 5 nitrogen and oxygen atoms in total. The van der Waals surface area contributed by atoms with Gasteiger partial charge in [0, 0.05) is 17.0 Å². The lowest BCUT2D eigenvalue weighted by Crippen LogP contribution is -2.22. The number of alkyl halides is 2. The molecular weight excluding hydrogens is 451 g/mol. The van der Waals surface area contributed by atoms with Gasteiger partial charge in [0.25, 0.3) is 6.43 Å². The molecule has 0 bridgehead atoms. The highest BCUT2D eigenvalue weighted by atomic mass is 32.2. The molecule has 0 saturated carbocycles. The molecule has 2 heterocycles. The van der Waals surface area contributed by atoms with Crippen LogP contribution in [-0.4, -0.2) is 33.1 Å². The van der Waals surface area contributed by atoms with Gasteiger partial charge in [0.2, 0.25) is 0 Å². The number of hydrogen-bond donors (Lipinski definition) is 1. The molecule has 1 aliphatic rings. The molecule has 176 valence electrons. The Labute approximate surface area is 194 Å². The Morgan fingerprint density at radius 3 is 2.52 bits per heavy atom. The molecule has 0 spiro atoms. The predicted octanol–water partition coefficient (Wildman–Crippen LogP) is 5.82. The Kier molecular flexibility index (Phi) is 6.99. The smallest absolute Gasteiger partial charge is 0.266 e. The average molecular weight is 478 g/mol. The van der Waals surface area contributed by atoms with Crippen molar-refractivity contribution in [3.8, 4) is 5.75 Å². The lowest BCUT2D eigenvalue weighted by atomic mass is 9.91. The van der Waals surface area contributed by atoms with Gasteiger partial charge in [-0.05, 0) is 44.2 Å². The molecule has 1 saturated heterocycles. The first-order valence-corrected chi connectivity index (χ1v) is 12.3. The second-order valence-corrected chi connectivity index (χ2v) is 9.97. The quantitative estimate of drug-likeness (QED) is 0.453. The lowest BCUT2D eigenvalue weighted by molar-refractivity contribution is 0.146. The Morgan fingerprint density at radius 2 is 1.85 bits per heavy atom. The van der Waals surface area contributed by atoms with E-state index in [1.807, 2.05) is 12.1 Å². The summed E-state index contributed by atoms with van der Waals surface area (Å²) in [5.74, 6) is 2.31. The number of fused-ring (bicyclic) bond motifs is 1. The van der Waals surface area contributed by atoms with Crippen LogP contribution in [-0.2, 0) is 11.2 Å². The molecule has 1 fully saturated rings. The number of nitrogens with one attached hydrogen (secondary N) is 1. The molecule has 0 amide bonds. The fourth-order valence-corrected chi connectivity index (χ4v) is 5.65. The zero-order chi connectivity index (χ0) is 23.7. The van der Waals surface area contributed by atoms with Gasteiger partial charge >= 0.3 is 0 Å². The summed E-state index contributed by atoms with van der Waals surface area (Å²) in [5, 5.41) is 3.93. The van der Waals surface area contributed by atoms with Crippen LogP contribution in [0.1, 0.15) is 60.7 Å². The summed E-state index contributed by atoms with van der Waals surface area (Å²) < 4.78 is 58.5. The Balaban J connectivity index is 1.74. The molecule has 1 atom stereocenters. The fraction of sp³-hybridized carbons (Fsp3) is 0.417. The number of aryl methyl sites for hydroxylation is 1. The minimum absolute atomic E-state index is 0.140. The van der Waals surface area contributed by atoms with Gasteiger partial charge in [-0.25, -0.2) is 23.1 Å². The Hall–Kier alpha value is -2.52. The molecule has 9 heteroatoms. The maximum atomic E-state index is 14.7. The lowest BCUT2D eigenvalue weighted by Gasteiger charge is -2.26. The van der Waals surface area contributed by atoms with E-state index in [1.165, 1.54) is 12.1 Å². The van der Waals surface area contributed by atoms with E-state index in [0.29, 0.717) is 34.4 Å². The van der Waals surface area contributed by atoms with Gasteiger partial charge in [0.05, 0.1) is 24.2 Å². The summed E-state index contributed by atoms with van der Waals surface area (Å²) >= 11 is -0.781. The van der Waals surface area contributed by atoms with E-state index in [9.17, 15) is 17.7 Å². The number of benzene rings is 2. The van der Waals surface area contributed by atoms with Crippen LogP contribution >= 0.6 is 0 Å². The summed E-state index contributed by atoms with van der Waals surface area (Å²) in [6, 6.07) is 7.25. The normalized spacial score (nSPS) is 19.6. The van der Waals surface area contributed by atoms with E-state index in [2.05, 4.69) is 15.3 Å². The number of ether oxygens (including phenoxy) is 1. The molecule has 33 heavy (non-hydrogen) atoms. The van der Waals surface area contributed by atoms with E-state index in [-0.39, 0.29) is 11.5 Å². The third-order valence-electron chi connectivity index (χ3n) is 6.10. The van der Waals surface area contributed by atoms with Crippen molar-refractivity contribution < 1.29 is 22.5 Å². The van der Waals surface area contributed by atoms with Gasteiger partial charge < -0.3 is 14.6 Å². The summed E-state index contributed by atoms with van der Waals surface area (Å²) in [4.78, 5) is 9.05. The number of methoxy groups -OCH3 is 1. The predicted molar refractivity (Wildman–Crippen MR) is 124 cm³/mol. The van der Waals surface area contributed by atoms with Gasteiger partial charge in [-0.2, -0.15) is 0 Å². The van der Waals surface area contributed by atoms with Crippen molar-refractivity contribution in [1.29, 1.82) is 0 Å². The van der Waals surface area contributed by atoms with Crippen LogP contribution in [0.2, 0.25) is 0 Å². The van der Waals surface area contributed by atoms with Crippen molar-refractivity contribution in [3.05, 3.63) is 58.7 Å². The minimum atomic E-state index is -2.89. The third-order valence-corrected chi connectivity index (χ3v) is 7.48. The third kappa shape index (κ3) is 4.89. The largest absolute Gasteiger partial charge is 0.616 e. The molecule has 2 aromatic carbocycles. The first kappa shape index (κ1) is 23.6. The van der Waals surface area contributed by atoms with Gasteiger partial charge in [-0.15, -0.1) is 0 Å². The highest BCUT2D eigenvalue weighted by Gasteiger charge is 2.27. The van der Waals surface area contributed by atoms with Crippen LogP contribution in [0.4, 0.5) is 19.0 Å². The minimum Gasteiger partial charge on any atom is -0.616 e. The second-order valence-electron chi connectivity index (χ2n) is 8.27. The number of hydrogen-bond acceptors (Lipinski definition) is 5. The number of anilines is 1. The van der Waals surface area contributed by atoms with Crippen molar-refractivity contribution in [1.82, 2.24) is 9.97 Å². The number of aromatic nitrogens is 2. The molecule has 1 aromatic heterocycles. The maximum absolute atomic E-state index is 14.7. The molecular formula is C24H26F3N3O2S. The average Bonchev–Trinajstić information content (AvgIpc) is 2.78. The molecule has 0 radical (unpaired) electrons. The van der Waals surface area contributed by atoms with Gasteiger partial charge in [0.15, 0.2) is 0 Å². The second kappa shape index (κ2) is 9.77. The fourth-order valence-electron chi connectivity index (χ4n) is 4.35. The Bertz CT molecular complexity index is 1150. The molecule has 0 aliphatic carbocycles. The van der Waals surface area contributed by atoms with Crippen LogP contribution in [0, 0.1) is 12.7 Å². The van der Waals surface area contributed by atoms with E-state index in [4.69, 9.17) is 4.74 Å². The summed E-state index contributed by atoms with van der Waals surface area (Å²) in [5.41, 5.74) is 1.18. The van der Waals surface area contributed by atoms with Crippen molar-refractivity contribution in [3.63, 3.8) is 0 Å². The van der Waals surface area contributed by atoms with Crippen LogP contribution in [0.15, 0.2) is 30.3 Å². The highest BCUT2D eigenvalue weighted by Crippen LogP contribution is 2.39. The van der Waals surface area contributed by atoms with Crippen molar-refractivity contribution in [2.45, 2.75) is 45.1 Å². The van der Waals surface area contributed by atoms with Crippen LogP contribution < -0.4 is 10.1 Å². The van der Waals surface area contributed by atoms with Gasteiger partial charge in [-0.1, -0.05) is 29.4 Å². The summed E-state index contributed by atoms with van der Waals surface area (Å²) in [6.07, 6.45) is -1.29. The maximum Gasteiger partial charge on any atom is 0.266 e. The van der Waals surface area contributed by atoms with E-state index in [0.717, 1.165) is 29.9 Å². The SMILES string of the molecule is COc1cc2nc(C)nc(NC(C)c3cccc(C(F)F)c3F)c2cc1C1CC[S+]([O-])CC1. The molecule has 4 rings (SSSR count). The standard InChI is InChI=1S/C24H26F3N3O2S/c1-13(16-5-4-6-17(22(16)25)23(26)27)28-24-19-11-18(15-7-9-33(31)10-8-15)21(32-3)12-20(19)29-14(2)30-24/h4-6,11-13,15,23H,7-10H2,1-3H3,(H,28,29,30). The molecule has 1 N–H and O–H groups in total. The number of nitrogens with zero attached hydrogens (tertiary/aromatic N) is 2. The van der Waals surface area contributed by atoms with Crippen molar-refractivity contribution in [2.24, 2.45) is 0 Å². The van der Waals surface area contributed by atoms with Gasteiger partial charge in [-0.3, -0.25) is 0 Å². The van der Waals surface area contributed by atoms with Crippen LogP contribution in [0.5, 0.6) is 5.75 Å². The van der Waals surface area contributed by atoms with E-state index in [1.54, 1.807) is 21.0 Å². The molecule has 1 aliphatic heterocycles. The molecule has 1 unspecified atom stereocenters. The monoisotopic (exact) mass is 477 g/mol. The zero-order valence-electron chi connectivity index (χ0n) is 18.7. The number of halogens is 3. The van der Waals surface area contributed by atoms with Crippen LogP contribution in [0.3, 0.4) is 0 Å². The van der Waals surface area contributed by atoms with E-state index < -0.39 is 35.0 Å². The molecule has 3 aromatic rings. The van der Waals surface area contributed by atoms with Gasteiger partial charge in [0.1, 0.15) is 34.7 Å². The van der Waals surface area contributed by atoms with E-state index >= 15 is 0 Å². The van der Waals surface area contributed by atoms with Crippen molar-refractivity contribution in [2.75, 3.05) is 23.9 Å². The summed E-state index contributed by atoms with van der Waals surface area (Å²) in [7, 11) is 1.61. The summed E-state index contributed by atoms with van der Waals surface area (Å²) in [6.45, 7) is 3.46. The van der Waals surface area contributed by atoms with Crippen molar-refractivity contribution >= 4 is 27.9 Å². The topological polar surface area (TPSA) is 70.1 Å².